The van der Waals surface area contributed by atoms with Gasteiger partial charge in [-0.15, -0.1) is 0 Å². The normalized spacial score (nSPS) is 12.5. The van der Waals surface area contributed by atoms with Crippen LogP contribution in [0.5, 0.6) is 5.75 Å². The Morgan fingerprint density at radius 1 is 1.45 bits per heavy atom. The smallest absolute Gasteiger partial charge is 0.327 e. The molecule has 1 amide bonds. The number of carbonyl (C=O) groups is 2. The largest absolute Gasteiger partial charge is 0.491 e. The van der Waals surface area contributed by atoms with E-state index in [-0.39, 0.29) is 11.4 Å². The first-order valence-corrected chi connectivity index (χ1v) is 7.92. The summed E-state index contributed by atoms with van der Waals surface area (Å²) in [5.41, 5.74) is -0.169. The van der Waals surface area contributed by atoms with Crippen molar-refractivity contribution in [3.63, 3.8) is 0 Å². The van der Waals surface area contributed by atoms with Gasteiger partial charge in [0.2, 0.25) is 0 Å². The number of pyridine rings is 1. The number of carbonyl (C=O) groups excluding carboxylic acids is 1. The molecule has 0 saturated carbocycles. The van der Waals surface area contributed by atoms with Crippen molar-refractivity contribution in [2.24, 2.45) is 0 Å². The van der Waals surface area contributed by atoms with E-state index >= 15 is 0 Å². The molecule has 122 valence electrons. The molecule has 0 aliphatic carbocycles. The van der Waals surface area contributed by atoms with Gasteiger partial charge in [0, 0.05) is 6.20 Å². The number of hydrogen-bond donors (Lipinski definition) is 3. The minimum Gasteiger partial charge on any atom is -0.491 e. The minimum absolute atomic E-state index is 0.151. The summed E-state index contributed by atoms with van der Waals surface area (Å²) < 4.78 is 35.6. The zero-order valence-electron chi connectivity index (χ0n) is 11.7. The summed E-state index contributed by atoms with van der Waals surface area (Å²) in [4.78, 5) is 26.8. The van der Waals surface area contributed by atoms with Crippen molar-refractivity contribution in [2.75, 3.05) is 12.4 Å². The van der Waals surface area contributed by atoms with Crippen LogP contribution in [0.3, 0.4) is 0 Å². The van der Waals surface area contributed by atoms with Crippen molar-refractivity contribution >= 4 is 22.0 Å². The summed E-state index contributed by atoms with van der Waals surface area (Å²) in [5.74, 6) is -3.51. The Bertz CT molecular complexity index is 645. The molecule has 1 atom stereocenters. The topological polar surface area (TPSA) is 143 Å². The highest BCUT2D eigenvalue weighted by atomic mass is 32.2. The summed E-state index contributed by atoms with van der Waals surface area (Å²) in [6, 6.07) is 1.22. The van der Waals surface area contributed by atoms with Gasteiger partial charge in [-0.1, -0.05) is 6.92 Å². The van der Waals surface area contributed by atoms with Crippen LogP contribution in [0.2, 0.25) is 0 Å². The molecule has 3 N–H and O–H groups in total. The van der Waals surface area contributed by atoms with E-state index in [0.717, 1.165) is 0 Å². The van der Waals surface area contributed by atoms with Gasteiger partial charge < -0.3 is 15.2 Å². The van der Waals surface area contributed by atoms with Gasteiger partial charge >= 0.3 is 5.97 Å². The molecular formula is C12H16N2O7S. The lowest BCUT2D eigenvalue weighted by Crippen LogP contribution is -2.45. The Balaban J connectivity index is 2.93. The molecule has 10 heteroatoms. The molecule has 0 fully saturated rings. The molecule has 0 aliphatic heterocycles. The zero-order valence-corrected chi connectivity index (χ0v) is 12.5. The lowest BCUT2D eigenvalue weighted by atomic mass is 10.2. The van der Waals surface area contributed by atoms with E-state index in [4.69, 9.17) is 14.4 Å². The number of amides is 1. The van der Waals surface area contributed by atoms with Crippen molar-refractivity contribution in [1.29, 1.82) is 0 Å². The molecule has 0 saturated heterocycles. The van der Waals surface area contributed by atoms with Crippen LogP contribution in [0.15, 0.2) is 18.3 Å². The molecule has 0 aliphatic rings. The van der Waals surface area contributed by atoms with Gasteiger partial charge in [-0.05, 0) is 18.6 Å². The van der Waals surface area contributed by atoms with E-state index < -0.39 is 33.8 Å². The Kier molecular flexibility index (Phi) is 6.25. The fourth-order valence-electron chi connectivity index (χ4n) is 1.50. The number of ether oxygens (including phenoxy) is 1. The van der Waals surface area contributed by atoms with Crippen LogP contribution in [0.1, 0.15) is 23.8 Å². The molecule has 0 bridgehead atoms. The average molecular weight is 332 g/mol. The number of nitrogens with one attached hydrogen (secondary N) is 1. The molecule has 0 aromatic carbocycles. The molecule has 1 unspecified atom stereocenters. The molecule has 0 radical (unpaired) electrons. The number of carboxylic acid groups (broad SMARTS) is 1. The lowest BCUT2D eigenvalue weighted by molar-refractivity contribution is -0.138. The molecule has 1 heterocycles. The predicted molar refractivity (Wildman–Crippen MR) is 75.3 cm³/mol. The number of aliphatic carboxylic acids is 1. The average Bonchev–Trinajstić information content (AvgIpc) is 2.43. The predicted octanol–water partition coefficient (Wildman–Crippen LogP) is -0.0588. The molecule has 1 rings (SSSR count). The Morgan fingerprint density at radius 3 is 2.68 bits per heavy atom. The van der Waals surface area contributed by atoms with Crippen LogP contribution < -0.4 is 10.1 Å². The van der Waals surface area contributed by atoms with Crippen LogP contribution >= 0.6 is 0 Å². The van der Waals surface area contributed by atoms with Crippen molar-refractivity contribution in [3.05, 3.63) is 24.0 Å². The van der Waals surface area contributed by atoms with E-state index in [2.05, 4.69) is 4.98 Å². The summed E-state index contributed by atoms with van der Waals surface area (Å²) >= 11 is 0. The molecule has 1 aromatic rings. The van der Waals surface area contributed by atoms with Crippen LogP contribution in [-0.2, 0) is 14.9 Å². The first-order valence-electron chi connectivity index (χ1n) is 6.31. The first kappa shape index (κ1) is 17.9. The van der Waals surface area contributed by atoms with E-state index in [0.29, 0.717) is 13.0 Å². The molecule has 22 heavy (non-hydrogen) atoms. The highest BCUT2D eigenvalue weighted by molar-refractivity contribution is 7.85. The summed E-state index contributed by atoms with van der Waals surface area (Å²) in [5, 5.41) is 10.9. The van der Waals surface area contributed by atoms with E-state index in [9.17, 15) is 18.0 Å². The second kappa shape index (κ2) is 7.71. The van der Waals surface area contributed by atoms with Gasteiger partial charge in [0.05, 0.1) is 6.61 Å². The Morgan fingerprint density at radius 2 is 2.14 bits per heavy atom. The van der Waals surface area contributed by atoms with Crippen molar-refractivity contribution in [2.45, 2.75) is 19.4 Å². The SMILES string of the molecule is CCCOc1cccnc1C(=O)NC(CS(=O)(=O)O)C(=O)O. The maximum absolute atomic E-state index is 12.0. The quantitative estimate of drug-likeness (QED) is 0.562. The summed E-state index contributed by atoms with van der Waals surface area (Å²) in [6.07, 6.45) is 2.00. The second-order valence-corrected chi connectivity index (χ2v) is 5.81. The third-order valence-corrected chi connectivity index (χ3v) is 3.18. The first-order chi connectivity index (χ1) is 10.2. The van der Waals surface area contributed by atoms with Gasteiger partial charge in [-0.3, -0.25) is 9.35 Å². The maximum Gasteiger partial charge on any atom is 0.327 e. The maximum atomic E-state index is 12.0. The molecule has 9 nitrogen and oxygen atoms in total. The third kappa shape index (κ3) is 5.66. The monoisotopic (exact) mass is 332 g/mol. The molecular weight excluding hydrogens is 316 g/mol. The van der Waals surface area contributed by atoms with Crippen LogP contribution in [0, 0.1) is 0 Å². The zero-order chi connectivity index (χ0) is 16.8. The second-order valence-electron chi connectivity index (χ2n) is 4.31. The summed E-state index contributed by atoms with van der Waals surface area (Å²) in [6.45, 7) is 2.20. The van der Waals surface area contributed by atoms with Gasteiger partial charge in [0.15, 0.2) is 11.4 Å². The molecule has 1 aromatic heterocycles. The lowest BCUT2D eigenvalue weighted by Gasteiger charge is -2.14. The third-order valence-electron chi connectivity index (χ3n) is 2.43. The number of aromatic nitrogens is 1. The van der Waals surface area contributed by atoms with Crippen molar-refractivity contribution in [1.82, 2.24) is 10.3 Å². The fourth-order valence-corrected chi connectivity index (χ4v) is 2.15. The summed E-state index contributed by atoms with van der Waals surface area (Å²) in [7, 11) is -4.57. The van der Waals surface area contributed by atoms with Crippen molar-refractivity contribution in [3.8, 4) is 5.75 Å². The van der Waals surface area contributed by atoms with Crippen molar-refractivity contribution < 1.29 is 32.4 Å². The van der Waals surface area contributed by atoms with Crippen LogP contribution in [-0.4, -0.2) is 53.3 Å². The van der Waals surface area contributed by atoms with E-state index in [1.165, 1.54) is 18.3 Å². The van der Waals surface area contributed by atoms with Gasteiger partial charge in [-0.2, -0.15) is 8.42 Å². The van der Waals surface area contributed by atoms with Gasteiger partial charge in [0.25, 0.3) is 16.0 Å². The Hall–Kier alpha value is -2.20. The number of rotatable bonds is 8. The number of hydrogen-bond acceptors (Lipinski definition) is 6. The highest BCUT2D eigenvalue weighted by Gasteiger charge is 2.27. The minimum atomic E-state index is -4.57. The fraction of sp³-hybridized carbons (Fsp3) is 0.417. The number of carboxylic acids is 1. The van der Waals surface area contributed by atoms with E-state index in [1.54, 1.807) is 0 Å². The Labute approximate surface area is 127 Å². The van der Waals surface area contributed by atoms with E-state index in [1.807, 2.05) is 12.2 Å². The standard InChI is InChI=1S/C12H16N2O7S/c1-2-6-21-9-4-3-5-13-10(9)11(15)14-8(12(16)17)7-22(18,19)20/h3-5,8H,2,6-7H2,1H3,(H,14,15)(H,16,17)(H,18,19,20). The van der Waals surface area contributed by atoms with Crippen LogP contribution in [0.25, 0.3) is 0 Å². The number of nitrogens with zero attached hydrogens (tertiary/aromatic N) is 1. The van der Waals surface area contributed by atoms with Crippen LogP contribution in [0.4, 0.5) is 0 Å². The van der Waals surface area contributed by atoms with Gasteiger partial charge in [0.1, 0.15) is 11.8 Å². The molecule has 0 spiro atoms. The van der Waals surface area contributed by atoms with Gasteiger partial charge in [-0.25, -0.2) is 9.78 Å². The highest BCUT2D eigenvalue weighted by Crippen LogP contribution is 2.15.